The lowest BCUT2D eigenvalue weighted by molar-refractivity contribution is -0.135. The molecule has 0 saturated heterocycles. The number of carbonyl (C=O) groups is 2. The van der Waals surface area contributed by atoms with E-state index in [2.05, 4.69) is 0 Å². The largest absolute Gasteiger partial charge is 0.426 e. The van der Waals surface area contributed by atoms with Gasteiger partial charge in [0.2, 0.25) is 0 Å². The normalized spacial score (nSPS) is 14.7. The van der Waals surface area contributed by atoms with Gasteiger partial charge in [0.15, 0.2) is 5.78 Å². The van der Waals surface area contributed by atoms with Crippen LogP contribution in [-0.4, -0.2) is 42.4 Å². The van der Waals surface area contributed by atoms with Gasteiger partial charge in [-0.1, -0.05) is 74.5 Å². The smallest absolute Gasteiger partial charge is 0.318 e. The maximum absolute atomic E-state index is 13.0. The molecule has 5 nitrogen and oxygen atoms in total. The van der Waals surface area contributed by atoms with E-state index in [0.717, 1.165) is 12.1 Å². The number of aliphatic hydroxyl groups is 1. The van der Waals surface area contributed by atoms with E-state index in [0.29, 0.717) is 28.9 Å². The Balaban J connectivity index is 1.78. The van der Waals surface area contributed by atoms with Gasteiger partial charge in [0.25, 0.3) is 0 Å². The molecule has 0 heterocycles. The van der Waals surface area contributed by atoms with Crippen LogP contribution in [0.3, 0.4) is 0 Å². The third kappa shape index (κ3) is 6.24. The van der Waals surface area contributed by atoms with Crippen molar-refractivity contribution in [2.45, 2.75) is 38.7 Å². The highest BCUT2D eigenvalue weighted by atomic mass is 16.5. The minimum Gasteiger partial charge on any atom is -0.426 e. The molecule has 3 atom stereocenters. The van der Waals surface area contributed by atoms with Gasteiger partial charge in [-0.2, -0.15) is 0 Å². The molecule has 0 radical (unpaired) electrons. The van der Waals surface area contributed by atoms with Crippen LogP contribution < -0.4 is 4.74 Å². The van der Waals surface area contributed by atoms with Gasteiger partial charge in [-0.05, 0) is 56.8 Å². The summed E-state index contributed by atoms with van der Waals surface area (Å²) in [6, 6.07) is 23.3. The van der Waals surface area contributed by atoms with E-state index in [1.54, 1.807) is 55.5 Å². The van der Waals surface area contributed by atoms with Crippen molar-refractivity contribution in [3.8, 4) is 5.75 Å². The molecule has 5 heteroatoms. The zero-order chi connectivity index (χ0) is 25.6. The number of ether oxygens (including phenoxy) is 1. The number of hydrogen-bond acceptors (Lipinski definition) is 5. The lowest BCUT2D eigenvalue weighted by atomic mass is 9.80. The van der Waals surface area contributed by atoms with Crippen LogP contribution >= 0.6 is 0 Å². The van der Waals surface area contributed by atoms with Crippen LogP contribution in [0.4, 0.5) is 0 Å². The van der Waals surface area contributed by atoms with Gasteiger partial charge in [-0.3, -0.25) is 9.59 Å². The summed E-state index contributed by atoms with van der Waals surface area (Å²) >= 11 is 0. The quantitative estimate of drug-likeness (QED) is 0.242. The summed E-state index contributed by atoms with van der Waals surface area (Å²) in [5.74, 6) is -0.712. The average Bonchev–Trinajstić information content (AvgIpc) is 2.87. The van der Waals surface area contributed by atoms with E-state index in [9.17, 15) is 14.7 Å². The van der Waals surface area contributed by atoms with Crippen LogP contribution in [0, 0.1) is 5.92 Å². The molecule has 1 unspecified atom stereocenters. The third-order valence-electron chi connectivity index (χ3n) is 6.58. The second kappa shape index (κ2) is 11.4. The first-order chi connectivity index (χ1) is 16.7. The van der Waals surface area contributed by atoms with Gasteiger partial charge in [0, 0.05) is 23.6 Å². The molecular formula is C30H35NO4. The molecule has 3 aromatic rings. The van der Waals surface area contributed by atoms with Crippen LogP contribution in [0.1, 0.15) is 60.2 Å². The molecule has 35 heavy (non-hydrogen) atoms. The van der Waals surface area contributed by atoms with Gasteiger partial charge in [-0.15, -0.1) is 0 Å². The second-order valence-corrected chi connectivity index (χ2v) is 9.43. The Morgan fingerprint density at radius 2 is 1.57 bits per heavy atom. The summed E-state index contributed by atoms with van der Waals surface area (Å²) in [5.41, 5.74) is 1.52. The summed E-state index contributed by atoms with van der Waals surface area (Å²) < 4.78 is 5.71. The SMILES string of the molecule is CC[C@](O)(c1cccc(OC(=O)C(C)c2cccc(C(=O)c3ccccc3)c2)c1)[C@H](C)CN(C)C. The first-order valence-electron chi connectivity index (χ1n) is 12.0. The fraction of sp³-hybridized carbons (Fsp3) is 0.333. The number of benzene rings is 3. The molecule has 3 aromatic carbocycles. The maximum atomic E-state index is 13.0. The Morgan fingerprint density at radius 1 is 0.914 bits per heavy atom. The molecule has 1 N–H and O–H groups in total. The van der Waals surface area contributed by atoms with Crippen molar-refractivity contribution < 1.29 is 19.4 Å². The van der Waals surface area contributed by atoms with Crippen molar-refractivity contribution in [1.82, 2.24) is 4.90 Å². The van der Waals surface area contributed by atoms with E-state index in [-0.39, 0.29) is 11.7 Å². The fourth-order valence-electron chi connectivity index (χ4n) is 4.41. The molecule has 3 rings (SSSR count). The molecule has 0 aliphatic carbocycles. The first-order valence-corrected chi connectivity index (χ1v) is 12.0. The molecule has 0 fully saturated rings. The van der Waals surface area contributed by atoms with Crippen LogP contribution in [0.2, 0.25) is 0 Å². The van der Waals surface area contributed by atoms with E-state index in [1.165, 1.54) is 0 Å². The van der Waals surface area contributed by atoms with Crippen molar-refractivity contribution in [1.29, 1.82) is 0 Å². The van der Waals surface area contributed by atoms with Crippen LogP contribution in [-0.2, 0) is 10.4 Å². The summed E-state index contributed by atoms with van der Waals surface area (Å²) in [7, 11) is 3.96. The topological polar surface area (TPSA) is 66.8 Å². The van der Waals surface area contributed by atoms with Crippen LogP contribution in [0.15, 0.2) is 78.9 Å². The van der Waals surface area contributed by atoms with Crippen molar-refractivity contribution in [2.24, 2.45) is 5.92 Å². The van der Waals surface area contributed by atoms with Gasteiger partial charge in [0.1, 0.15) is 5.75 Å². The lowest BCUT2D eigenvalue weighted by Crippen LogP contribution is -2.38. The van der Waals surface area contributed by atoms with Gasteiger partial charge >= 0.3 is 5.97 Å². The lowest BCUT2D eigenvalue weighted by Gasteiger charge is -2.35. The number of ketones is 1. The highest BCUT2D eigenvalue weighted by Crippen LogP contribution is 2.35. The molecule has 0 bridgehead atoms. The molecule has 0 amide bonds. The maximum Gasteiger partial charge on any atom is 0.318 e. The van der Waals surface area contributed by atoms with Gasteiger partial charge < -0.3 is 14.7 Å². The summed E-state index contributed by atoms with van der Waals surface area (Å²) in [6.07, 6.45) is 0.540. The minimum atomic E-state index is -1.04. The van der Waals surface area contributed by atoms with Gasteiger partial charge in [-0.25, -0.2) is 0 Å². The van der Waals surface area contributed by atoms with Crippen molar-refractivity contribution in [3.05, 3.63) is 101 Å². The van der Waals surface area contributed by atoms with Crippen molar-refractivity contribution in [3.63, 3.8) is 0 Å². The predicted molar refractivity (Wildman–Crippen MR) is 139 cm³/mol. The standard InChI is InChI=1S/C30H35NO4/c1-6-30(34,21(2)20-31(4)5)26-16-11-17-27(19-26)35-29(33)22(3)24-14-10-15-25(18-24)28(32)23-12-8-7-9-13-23/h7-19,21-22,34H,6,20H2,1-5H3/t21-,22?,30-/m1/s1. The van der Waals surface area contributed by atoms with Crippen molar-refractivity contribution >= 4 is 11.8 Å². The Bertz CT molecular complexity index is 1160. The van der Waals surface area contributed by atoms with E-state index in [1.807, 2.05) is 63.2 Å². The molecule has 0 aliphatic heterocycles. The minimum absolute atomic E-state index is 0.0164. The summed E-state index contributed by atoms with van der Waals surface area (Å²) in [5, 5.41) is 11.4. The summed E-state index contributed by atoms with van der Waals surface area (Å²) in [6.45, 7) is 6.47. The monoisotopic (exact) mass is 473 g/mol. The Hall–Kier alpha value is -3.28. The Labute approximate surface area is 208 Å². The molecular weight excluding hydrogens is 438 g/mol. The molecule has 0 spiro atoms. The third-order valence-corrected chi connectivity index (χ3v) is 6.58. The first kappa shape index (κ1) is 26.3. The number of carbonyl (C=O) groups excluding carboxylic acids is 2. The molecule has 184 valence electrons. The average molecular weight is 474 g/mol. The predicted octanol–water partition coefficient (Wildman–Crippen LogP) is 5.42. The molecule has 0 saturated carbocycles. The van der Waals surface area contributed by atoms with Crippen LogP contribution in [0.25, 0.3) is 0 Å². The Morgan fingerprint density at radius 3 is 2.23 bits per heavy atom. The second-order valence-electron chi connectivity index (χ2n) is 9.43. The Kier molecular flexibility index (Phi) is 8.60. The number of hydrogen-bond donors (Lipinski definition) is 1. The van der Waals surface area contributed by atoms with Crippen LogP contribution in [0.5, 0.6) is 5.75 Å². The van der Waals surface area contributed by atoms with Gasteiger partial charge in [0.05, 0.1) is 11.5 Å². The number of nitrogens with zero attached hydrogens (tertiary/aromatic N) is 1. The van der Waals surface area contributed by atoms with E-state index in [4.69, 9.17) is 4.74 Å². The number of rotatable bonds is 10. The molecule has 0 aliphatic rings. The highest BCUT2D eigenvalue weighted by Gasteiger charge is 2.34. The highest BCUT2D eigenvalue weighted by molar-refractivity contribution is 6.09. The van der Waals surface area contributed by atoms with Crippen molar-refractivity contribution in [2.75, 3.05) is 20.6 Å². The number of esters is 1. The van der Waals surface area contributed by atoms with E-state index >= 15 is 0 Å². The zero-order valence-electron chi connectivity index (χ0n) is 21.2. The van der Waals surface area contributed by atoms with E-state index < -0.39 is 17.5 Å². The fourth-order valence-corrected chi connectivity index (χ4v) is 4.41. The molecule has 0 aromatic heterocycles. The summed E-state index contributed by atoms with van der Waals surface area (Å²) in [4.78, 5) is 27.9. The zero-order valence-corrected chi connectivity index (χ0v) is 21.2.